The zero-order valence-electron chi connectivity index (χ0n) is 25.3. The van der Waals surface area contributed by atoms with Gasteiger partial charge in [0.05, 0.1) is 0 Å². The summed E-state index contributed by atoms with van der Waals surface area (Å²) in [4.78, 5) is 0. The number of hydrogen-bond donors (Lipinski definition) is 2. The van der Waals surface area contributed by atoms with Crippen LogP contribution in [-0.2, 0) is 12.8 Å². The Hall–Kier alpha value is -3.52. The Morgan fingerprint density at radius 2 is 0.732 bits per heavy atom. The predicted molar refractivity (Wildman–Crippen MR) is 179 cm³/mol. The average Bonchev–Trinajstić information content (AvgIpc) is 3.00. The third kappa shape index (κ3) is 9.25. The summed E-state index contributed by atoms with van der Waals surface area (Å²) >= 11 is 0. The molecule has 0 aliphatic heterocycles. The van der Waals surface area contributed by atoms with Crippen LogP contribution in [0.1, 0.15) is 117 Å². The molecule has 2 unspecified atom stereocenters. The van der Waals surface area contributed by atoms with Gasteiger partial charge in [0.1, 0.15) is 0 Å². The summed E-state index contributed by atoms with van der Waals surface area (Å²) in [6, 6.07) is 35.7. The van der Waals surface area contributed by atoms with Crippen molar-refractivity contribution in [2.75, 3.05) is 11.5 Å². The third-order valence-electron chi connectivity index (χ3n) is 8.57. The zero-order valence-corrected chi connectivity index (χ0v) is 25.3. The summed E-state index contributed by atoms with van der Waals surface area (Å²) in [6.07, 6.45) is 13.3. The molecule has 0 aliphatic carbocycles. The summed E-state index contributed by atoms with van der Waals surface area (Å²) in [5.74, 6) is 0.877. The molecule has 2 atom stereocenters. The molecule has 0 amide bonds. The van der Waals surface area contributed by atoms with Gasteiger partial charge in [-0.05, 0) is 89.8 Å². The van der Waals surface area contributed by atoms with E-state index in [1.165, 1.54) is 84.7 Å². The van der Waals surface area contributed by atoms with Gasteiger partial charge < -0.3 is 11.5 Å². The lowest BCUT2D eigenvalue weighted by atomic mass is 9.86. The Kier molecular flexibility index (Phi) is 11.9. The smallest absolute Gasteiger partial charge is 0.0314 e. The number of rotatable bonds is 16. The molecule has 41 heavy (non-hydrogen) atoms. The van der Waals surface area contributed by atoms with Crippen molar-refractivity contribution < 1.29 is 0 Å². The minimum Gasteiger partial charge on any atom is -0.399 e. The van der Waals surface area contributed by atoms with Gasteiger partial charge in [0.2, 0.25) is 0 Å². The molecular weight excluding hydrogens is 496 g/mol. The quantitative estimate of drug-likeness (QED) is 0.108. The van der Waals surface area contributed by atoms with E-state index in [0.29, 0.717) is 11.8 Å². The Morgan fingerprint density at radius 1 is 0.415 bits per heavy atom. The van der Waals surface area contributed by atoms with Crippen LogP contribution in [0.25, 0.3) is 0 Å². The van der Waals surface area contributed by atoms with Crippen molar-refractivity contribution in [2.24, 2.45) is 0 Å². The Balaban J connectivity index is 1.34. The summed E-state index contributed by atoms with van der Waals surface area (Å²) in [5, 5.41) is 0. The molecule has 0 bridgehead atoms. The lowest BCUT2D eigenvalue weighted by Crippen LogP contribution is -2.03. The van der Waals surface area contributed by atoms with Crippen molar-refractivity contribution >= 4 is 11.4 Å². The maximum atomic E-state index is 5.96. The molecule has 0 aliphatic rings. The molecule has 4 N–H and O–H groups in total. The molecule has 4 rings (SSSR count). The van der Waals surface area contributed by atoms with Gasteiger partial charge in [0, 0.05) is 23.2 Å². The zero-order chi connectivity index (χ0) is 28.9. The van der Waals surface area contributed by atoms with E-state index in [1.807, 2.05) is 24.3 Å². The maximum Gasteiger partial charge on any atom is 0.0314 e. The van der Waals surface area contributed by atoms with Crippen LogP contribution in [0.4, 0.5) is 11.4 Å². The number of aryl methyl sites for hydroxylation is 2. The summed E-state index contributed by atoms with van der Waals surface area (Å²) < 4.78 is 0. The number of anilines is 2. The monoisotopic (exact) mass is 546 g/mol. The summed E-state index contributed by atoms with van der Waals surface area (Å²) in [6.45, 7) is 4.54. The fourth-order valence-electron chi connectivity index (χ4n) is 6.03. The predicted octanol–water partition coefficient (Wildman–Crippen LogP) is 10.5. The van der Waals surface area contributed by atoms with E-state index in [9.17, 15) is 0 Å². The third-order valence-corrected chi connectivity index (χ3v) is 8.57. The van der Waals surface area contributed by atoms with Crippen LogP contribution in [0.15, 0.2) is 97.1 Å². The summed E-state index contributed by atoms with van der Waals surface area (Å²) in [7, 11) is 0. The second-order valence-corrected chi connectivity index (χ2v) is 11.8. The lowest BCUT2D eigenvalue weighted by molar-refractivity contribution is 0.618. The van der Waals surface area contributed by atoms with Gasteiger partial charge in [-0.25, -0.2) is 0 Å². The largest absolute Gasteiger partial charge is 0.399 e. The first kappa shape index (κ1) is 30.4. The van der Waals surface area contributed by atoms with E-state index >= 15 is 0 Å². The van der Waals surface area contributed by atoms with Gasteiger partial charge in [-0.1, -0.05) is 125 Å². The first-order valence-electron chi connectivity index (χ1n) is 16.0. The molecule has 0 saturated heterocycles. The minimum atomic E-state index is 0.439. The van der Waals surface area contributed by atoms with E-state index in [1.54, 1.807) is 0 Å². The molecule has 2 heteroatoms. The van der Waals surface area contributed by atoms with E-state index in [0.717, 1.165) is 30.6 Å². The van der Waals surface area contributed by atoms with Crippen LogP contribution < -0.4 is 11.5 Å². The van der Waals surface area contributed by atoms with Crippen LogP contribution in [0.2, 0.25) is 0 Å². The highest BCUT2D eigenvalue weighted by Gasteiger charge is 2.15. The van der Waals surface area contributed by atoms with Gasteiger partial charge in [-0.3, -0.25) is 0 Å². The van der Waals surface area contributed by atoms with E-state index in [4.69, 9.17) is 11.5 Å². The second-order valence-electron chi connectivity index (χ2n) is 11.8. The fourth-order valence-corrected chi connectivity index (χ4v) is 6.03. The molecule has 0 spiro atoms. The van der Waals surface area contributed by atoms with Crippen LogP contribution in [0.3, 0.4) is 0 Å². The van der Waals surface area contributed by atoms with Crippen LogP contribution in [0.5, 0.6) is 0 Å². The molecule has 0 aromatic heterocycles. The highest BCUT2D eigenvalue weighted by atomic mass is 14.5. The van der Waals surface area contributed by atoms with Crippen LogP contribution >= 0.6 is 0 Å². The molecule has 0 saturated carbocycles. The number of nitrogens with two attached hydrogens (primary N) is 2. The minimum absolute atomic E-state index is 0.439. The van der Waals surface area contributed by atoms with E-state index in [-0.39, 0.29) is 0 Å². The number of benzene rings is 4. The molecular formula is C39H50N2. The van der Waals surface area contributed by atoms with Crippen molar-refractivity contribution in [1.29, 1.82) is 0 Å². The van der Waals surface area contributed by atoms with Crippen molar-refractivity contribution in [3.63, 3.8) is 0 Å². The second kappa shape index (κ2) is 16.1. The normalized spacial score (nSPS) is 12.7. The van der Waals surface area contributed by atoms with Gasteiger partial charge in [0.25, 0.3) is 0 Å². The Morgan fingerprint density at radius 3 is 1.05 bits per heavy atom. The highest BCUT2D eigenvalue weighted by molar-refractivity contribution is 5.44. The molecule has 4 aromatic carbocycles. The van der Waals surface area contributed by atoms with E-state index in [2.05, 4.69) is 86.6 Å². The van der Waals surface area contributed by atoms with Crippen LogP contribution in [-0.4, -0.2) is 0 Å². The molecule has 4 aromatic rings. The maximum absolute atomic E-state index is 5.96. The fraction of sp³-hybridized carbons (Fsp3) is 0.385. The van der Waals surface area contributed by atoms with Gasteiger partial charge in [-0.15, -0.1) is 0 Å². The first-order valence-corrected chi connectivity index (χ1v) is 16.0. The molecule has 2 nitrogen and oxygen atoms in total. The summed E-state index contributed by atoms with van der Waals surface area (Å²) in [5.41, 5.74) is 22.0. The highest BCUT2D eigenvalue weighted by Crippen LogP contribution is 2.32. The van der Waals surface area contributed by atoms with Crippen LogP contribution in [0, 0.1) is 0 Å². The van der Waals surface area contributed by atoms with Gasteiger partial charge >= 0.3 is 0 Å². The Labute approximate surface area is 249 Å². The van der Waals surface area contributed by atoms with Crippen molar-refractivity contribution in [1.82, 2.24) is 0 Å². The molecule has 0 heterocycles. The Bertz CT molecular complexity index is 1170. The number of hydrogen-bond acceptors (Lipinski definition) is 2. The molecule has 0 radical (unpaired) electrons. The van der Waals surface area contributed by atoms with Crippen molar-refractivity contribution in [2.45, 2.75) is 96.3 Å². The van der Waals surface area contributed by atoms with Crippen molar-refractivity contribution in [3.05, 3.63) is 130 Å². The topological polar surface area (TPSA) is 52.0 Å². The number of unbranched alkanes of at least 4 members (excludes halogenated alkanes) is 4. The number of nitrogen functional groups attached to an aromatic ring is 2. The molecule has 0 fully saturated rings. The SMILES string of the molecule is CCCCCC(c1ccc(N)cc1)c1ccc(CCCc2ccc(C(CCCCC)c3ccc(N)cc3)cc2)cc1. The standard InChI is InChI=1S/C39H50N2/c1-3-5-7-12-38(34-22-26-36(40)27-23-34)32-18-14-30(15-19-32)10-9-11-31-16-20-33(21-17-31)39(13-8-6-4-2)35-24-28-37(41)29-25-35/h14-29,38-39H,3-13,40-41H2,1-2H3. The average molecular weight is 547 g/mol. The lowest BCUT2D eigenvalue weighted by Gasteiger charge is -2.19. The van der Waals surface area contributed by atoms with Gasteiger partial charge in [-0.2, -0.15) is 0 Å². The van der Waals surface area contributed by atoms with Crippen molar-refractivity contribution in [3.8, 4) is 0 Å². The van der Waals surface area contributed by atoms with E-state index < -0.39 is 0 Å². The molecule has 216 valence electrons. The van der Waals surface area contributed by atoms with Gasteiger partial charge in [0.15, 0.2) is 0 Å². The first-order chi connectivity index (χ1) is 20.1.